The van der Waals surface area contributed by atoms with Gasteiger partial charge in [0.1, 0.15) is 11.6 Å². The highest BCUT2D eigenvalue weighted by molar-refractivity contribution is 5.32. The zero-order valence-electron chi connectivity index (χ0n) is 16.3. The van der Waals surface area contributed by atoms with E-state index in [0.29, 0.717) is 12.1 Å². The van der Waals surface area contributed by atoms with Gasteiger partial charge in [-0.15, -0.1) is 0 Å². The predicted molar refractivity (Wildman–Crippen MR) is 105 cm³/mol. The zero-order chi connectivity index (χ0) is 18.9. The van der Waals surface area contributed by atoms with Crippen LogP contribution in [0.15, 0.2) is 36.7 Å². The first-order valence-corrected chi connectivity index (χ1v) is 10.0. The maximum Gasteiger partial charge on any atom is 0.128 e. The van der Waals surface area contributed by atoms with Crippen molar-refractivity contribution in [1.29, 1.82) is 0 Å². The first kappa shape index (κ1) is 18.4. The topological polar surface area (TPSA) is 58.5 Å². The van der Waals surface area contributed by atoms with E-state index in [9.17, 15) is 5.11 Å². The molecule has 5 nitrogen and oxygen atoms in total. The van der Waals surface area contributed by atoms with E-state index < -0.39 is 5.60 Å². The molecule has 0 saturated carbocycles. The van der Waals surface area contributed by atoms with Crippen molar-refractivity contribution < 1.29 is 9.84 Å². The summed E-state index contributed by atoms with van der Waals surface area (Å²) in [5.41, 5.74) is 1.43. The van der Waals surface area contributed by atoms with Gasteiger partial charge in [0.25, 0.3) is 0 Å². The average molecular weight is 367 g/mol. The molecule has 1 aromatic heterocycles. The maximum atomic E-state index is 11.4. The molecule has 27 heavy (non-hydrogen) atoms. The number of piperidine rings is 1. The summed E-state index contributed by atoms with van der Waals surface area (Å²) in [6.07, 6.45) is 9.82. The minimum absolute atomic E-state index is 0.408. The molecule has 2 aromatic rings. The Morgan fingerprint density at radius 2 is 1.74 bits per heavy atom. The molecule has 144 valence electrons. The summed E-state index contributed by atoms with van der Waals surface area (Å²) in [5, 5.41) is 11.4. The van der Waals surface area contributed by atoms with E-state index >= 15 is 0 Å². The second kappa shape index (κ2) is 7.56. The second-order valence-electron chi connectivity index (χ2n) is 7.98. The lowest BCUT2D eigenvalue weighted by Crippen LogP contribution is -2.49. The first-order valence-electron chi connectivity index (χ1n) is 10.0. The number of nitrogens with zero attached hydrogens (tertiary/aromatic N) is 3. The number of rotatable bonds is 6. The Morgan fingerprint density at radius 3 is 2.30 bits per heavy atom. The molecule has 2 fully saturated rings. The number of hydrogen-bond donors (Lipinski definition) is 1. The molecule has 1 N–H and O–H groups in total. The molecule has 3 heterocycles. The standard InChI is InChI=1S/C22H29N3O2/c1-3-4-21-23-13-16(14-24-21)15-25-18-7-8-19(25)12-22(26,11-18)17-5-9-20(27-2)10-6-17/h5-6,9-10,13-14,18-19,26H,3-4,7-8,11-12,15H2,1-2H3. The van der Waals surface area contributed by atoms with E-state index in [2.05, 4.69) is 21.8 Å². The SMILES string of the molecule is CCCc1ncc(CN2C3CCC2CC(O)(c2ccc(OC)cc2)C3)cn1. The van der Waals surface area contributed by atoms with E-state index in [0.717, 1.165) is 62.2 Å². The third-order valence-corrected chi connectivity index (χ3v) is 6.14. The summed E-state index contributed by atoms with van der Waals surface area (Å²) in [5.74, 6) is 1.76. The zero-order valence-corrected chi connectivity index (χ0v) is 16.3. The third kappa shape index (κ3) is 3.71. The molecule has 2 aliphatic rings. The van der Waals surface area contributed by atoms with E-state index in [1.54, 1.807) is 7.11 Å². The summed E-state index contributed by atoms with van der Waals surface area (Å²) < 4.78 is 5.25. The van der Waals surface area contributed by atoms with Gasteiger partial charge in [-0.1, -0.05) is 19.1 Å². The van der Waals surface area contributed by atoms with Crippen molar-refractivity contribution in [3.63, 3.8) is 0 Å². The largest absolute Gasteiger partial charge is 0.497 e. The molecule has 5 heteroatoms. The molecular weight excluding hydrogens is 338 g/mol. The monoisotopic (exact) mass is 367 g/mol. The molecule has 4 rings (SSSR count). The Balaban J connectivity index is 1.46. The van der Waals surface area contributed by atoms with Crippen LogP contribution in [-0.2, 0) is 18.6 Å². The minimum Gasteiger partial charge on any atom is -0.497 e. The van der Waals surface area contributed by atoms with E-state index in [4.69, 9.17) is 4.74 Å². The molecule has 0 amide bonds. The van der Waals surface area contributed by atoms with Crippen LogP contribution in [0.4, 0.5) is 0 Å². The van der Waals surface area contributed by atoms with Gasteiger partial charge in [-0.2, -0.15) is 0 Å². The van der Waals surface area contributed by atoms with Crippen LogP contribution in [0.2, 0.25) is 0 Å². The Kier molecular flexibility index (Phi) is 5.15. The van der Waals surface area contributed by atoms with Crippen molar-refractivity contribution >= 4 is 0 Å². The molecular formula is C22H29N3O2. The number of aliphatic hydroxyl groups is 1. The van der Waals surface area contributed by atoms with E-state index in [-0.39, 0.29) is 0 Å². The van der Waals surface area contributed by atoms with Gasteiger partial charge in [-0.05, 0) is 49.8 Å². The van der Waals surface area contributed by atoms with Crippen LogP contribution in [0.3, 0.4) is 0 Å². The first-order chi connectivity index (χ1) is 13.1. The smallest absolute Gasteiger partial charge is 0.128 e. The van der Waals surface area contributed by atoms with Crippen molar-refractivity contribution in [3.8, 4) is 5.75 Å². The van der Waals surface area contributed by atoms with E-state index in [1.807, 2.05) is 36.7 Å². The highest BCUT2D eigenvalue weighted by Gasteiger charge is 2.48. The Morgan fingerprint density at radius 1 is 1.11 bits per heavy atom. The maximum absolute atomic E-state index is 11.4. The Labute approximate surface area is 161 Å². The van der Waals surface area contributed by atoms with Crippen LogP contribution < -0.4 is 4.74 Å². The fourth-order valence-corrected chi connectivity index (χ4v) is 4.74. The van der Waals surface area contributed by atoms with Gasteiger partial charge in [-0.25, -0.2) is 9.97 Å². The molecule has 2 bridgehead atoms. The van der Waals surface area contributed by atoms with Gasteiger partial charge >= 0.3 is 0 Å². The van der Waals surface area contributed by atoms with Gasteiger partial charge in [0.05, 0.1) is 12.7 Å². The number of aryl methyl sites for hydroxylation is 1. The summed E-state index contributed by atoms with van der Waals surface area (Å²) in [6.45, 7) is 3.02. The minimum atomic E-state index is -0.740. The highest BCUT2D eigenvalue weighted by atomic mass is 16.5. The molecule has 2 saturated heterocycles. The van der Waals surface area contributed by atoms with Crippen LogP contribution in [0, 0.1) is 0 Å². The fraction of sp³-hybridized carbons (Fsp3) is 0.545. The van der Waals surface area contributed by atoms with Gasteiger partial charge in [-0.3, -0.25) is 4.90 Å². The lowest BCUT2D eigenvalue weighted by molar-refractivity contribution is -0.0595. The number of aromatic nitrogens is 2. The van der Waals surface area contributed by atoms with Crippen molar-refractivity contribution in [1.82, 2.24) is 14.9 Å². The average Bonchev–Trinajstić information content (AvgIpc) is 2.93. The second-order valence-corrected chi connectivity index (χ2v) is 7.98. The summed E-state index contributed by atoms with van der Waals surface area (Å²) in [6, 6.07) is 8.72. The van der Waals surface area contributed by atoms with Gasteiger partial charge < -0.3 is 9.84 Å². The predicted octanol–water partition coefficient (Wildman–Crippen LogP) is 3.45. The van der Waals surface area contributed by atoms with Crippen molar-refractivity contribution in [3.05, 3.63) is 53.6 Å². The van der Waals surface area contributed by atoms with Crippen molar-refractivity contribution in [2.24, 2.45) is 0 Å². The van der Waals surface area contributed by atoms with Gasteiger partial charge in [0, 0.05) is 43.0 Å². The molecule has 0 aliphatic carbocycles. The highest BCUT2D eigenvalue weighted by Crippen LogP contribution is 2.46. The molecule has 0 spiro atoms. The van der Waals surface area contributed by atoms with Crippen LogP contribution in [0.1, 0.15) is 56.0 Å². The van der Waals surface area contributed by atoms with Gasteiger partial charge in [0.2, 0.25) is 0 Å². The number of fused-ring (bicyclic) bond motifs is 2. The Hall–Kier alpha value is -1.98. The number of benzene rings is 1. The normalized spacial score (nSPS) is 27.7. The Bertz CT molecular complexity index is 746. The summed E-state index contributed by atoms with van der Waals surface area (Å²) >= 11 is 0. The summed E-state index contributed by atoms with van der Waals surface area (Å²) in [7, 11) is 1.67. The van der Waals surface area contributed by atoms with E-state index in [1.165, 1.54) is 5.56 Å². The van der Waals surface area contributed by atoms with Crippen molar-refractivity contribution in [2.45, 2.75) is 69.7 Å². The molecule has 2 atom stereocenters. The number of ether oxygens (including phenoxy) is 1. The van der Waals surface area contributed by atoms with Crippen molar-refractivity contribution in [2.75, 3.05) is 7.11 Å². The van der Waals surface area contributed by atoms with Gasteiger partial charge in [0.15, 0.2) is 0 Å². The quantitative estimate of drug-likeness (QED) is 0.847. The summed E-state index contributed by atoms with van der Waals surface area (Å²) in [4.78, 5) is 11.5. The molecule has 2 aliphatic heterocycles. The number of methoxy groups -OCH3 is 1. The number of hydrogen-bond acceptors (Lipinski definition) is 5. The van der Waals surface area contributed by atoms with Crippen LogP contribution in [-0.4, -0.2) is 39.2 Å². The lowest BCUT2D eigenvalue weighted by atomic mass is 9.80. The third-order valence-electron chi connectivity index (χ3n) is 6.14. The van der Waals surface area contributed by atoms with Crippen LogP contribution >= 0.6 is 0 Å². The molecule has 2 unspecified atom stereocenters. The van der Waals surface area contributed by atoms with Crippen LogP contribution in [0.25, 0.3) is 0 Å². The fourth-order valence-electron chi connectivity index (χ4n) is 4.74. The molecule has 0 radical (unpaired) electrons. The molecule has 1 aromatic carbocycles. The lowest BCUT2D eigenvalue weighted by Gasteiger charge is -2.44. The van der Waals surface area contributed by atoms with Crippen LogP contribution in [0.5, 0.6) is 5.75 Å².